The maximum atomic E-state index is 12.8. The number of fused-ring (bicyclic) bond motifs is 3. The van der Waals surface area contributed by atoms with Crippen molar-refractivity contribution in [1.82, 2.24) is 9.58 Å². The van der Waals surface area contributed by atoms with Crippen molar-refractivity contribution >= 4 is 16.7 Å². The number of hydrogen-bond donors (Lipinski definition) is 1. The molecule has 0 radical (unpaired) electrons. The molecule has 0 fully saturated rings. The molecule has 2 aromatic carbocycles. The number of carbonyl (C=O) groups excluding carboxylic acids is 1. The Hall–Kier alpha value is -2.59. The fourth-order valence-corrected chi connectivity index (χ4v) is 4.07. The van der Waals surface area contributed by atoms with Crippen molar-refractivity contribution in [3.05, 3.63) is 70.9 Å². The van der Waals surface area contributed by atoms with Crippen LogP contribution in [0.3, 0.4) is 0 Å². The van der Waals surface area contributed by atoms with Gasteiger partial charge in [0.15, 0.2) is 5.78 Å². The molecular formula is C22H25N3O. The molecule has 3 aromatic rings. The van der Waals surface area contributed by atoms with E-state index in [0.717, 1.165) is 41.3 Å². The lowest BCUT2D eigenvalue weighted by Gasteiger charge is -2.28. The predicted molar refractivity (Wildman–Crippen MR) is 106 cm³/mol. The highest BCUT2D eigenvalue weighted by Crippen LogP contribution is 2.32. The molecular weight excluding hydrogens is 322 g/mol. The summed E-state index contributed by atoms with van der Waals surface area (Å²) >= 11 is 0. The maximum absolute atomic E-state index is 12.8. The fraction of sp³-hybridized carbons (Fsp3) is 0.318. The summed E-state index contributed by atoms with van der Waals surface area (Å²) in [7, 11) is 4.26. The lowest BCUT2D eigenvalue weighted by atomic mass is 9.90. The molecule has 4 heteroatoms. The van der Waals surface area contributed by atoms with E-state index in [-0.39, 0.29) is 5.78 Å². The number of Topliss-reactive ketones (excluding diaryl/α,β-unsaturated/α-hetero) is 1. The van der Waals surface area contributed by atoms with E-state index in [0.29, 0.717) is 12.5 Å². The van der Waals surface area contributed by atoms with Gasteiger partial charge in [0.25, 0.3) is 0 Å². The predicted octanol–water partition coefficient (Wildman–Crippen LogP) is 3.20. The highest BCUT2D eigenvalue weighted by atomic mass is 16.1. The Labute approximate surface area is 154 Å². The maximum Gasteiger partial charge on any atom is 0.167 e. The van der Waals surface area contributed by atoms with Crippen molar-refractivity contribution in [3.8, 4) is 0 Å². The topological polar surface area (TPSA) is 51.3 Å². The Balaban J connectivity index is 1.71. The van der Waals surface area contributed by atoms with E-state index in [1.165, 1.54) is 11.3 Å². The van der Waals surface area contributed by atoms with Gasteiger partial charge in [0.2, 0.25) is 0 Å². The van der Waals surface area contributed by atoms with E-state index < -0.39 is 0 Å². The van der Waals surface area contributed by atoms with E-state index in [2.05, 4.69) is 19.0 Å². The van der Waals surface area contributed by atoms with Crippen LogP contribution in [0.15, 0.2) is 48.5 Å². The molecule has 134 valence electrons. The standard InChI is InChI=1S/C22H25N3O/c1-24(2)17-9-11-21-19(14-17)18-13-16(8-10-20(18)25(21)23)22(26)12-15-6-4-3-5-7-15/h3-8,10,13,17H,9,11-12,14,23H2,1-2H3. The van der Waals surface area contributed by atoms with Crippen LogP contribution >= 0.6 is 0 Å². The molecule has 0 aliphatic heterocycles. The quantitative estimate of drug-likeness (QED) is 0.582. The van der Waals surface area contributed by atoms with Gasteiger partial charge in [-0.1, -0.05) is 30.3 Å². The summed E-state index contributed by atoms with van der Waals surface area (Å²) in [5, 5.41) is 1.13. The Kier molecular flexibility index (Phi) is 4.29. The zero-order valence-electron chi connectivity index (χ0n) is 15.4. The van der Waals surface area contributed by atoms with Crippen LogP contribution in [0.5, 0.6) is 0 Å². The van der Waals surface area contributed by atoms with Gasteiger partial charge in [-0.15, -0.1) is 0 Å². The zero-order valence-corrected chi connectivity index (χ0v) is 15.4. The van der Waals surface area contributed by atoms with Crippen LogP contribution in [0.4, 0.5) is 0 Å². The van der Waals surface area contributed by atoms with Gasteiger partial charge in [0.1, 0.15) is 0 Å². The zero-order chi connectivity index (χ0) is 18.3. The number of nitrogens with two attached hydrogens (primary N) is 1. The fourth-order valence-electron chi connectivity index (χ4n) is 4.07. The van der Waals surface area contributed by atoms with Crippen LogP contribution in [0, 0.1) is 0 Å². The SMILES string of the molecule is CN(C)C1CCc2c(c3cc(C(=O)Cc4ccccc4)ccc3n2N)C1. The lowest BCUT2D eigenvalue weighted by molar-refractivity contribution is 0.0993. The Morgan fingerprint density at radius 3 is 2.69 bits per heavy atom. The van der Waals surface area contributed by atoms with Crippen LogP contribution in [-0.4, -0.2) is 35.5 Å². The molecule has 26 heavy (non-hydrogen) atoms. The number of rotatable bonds is 4. The molecule has 1 heterocycles. The van der Waals surface area contributed by atoms with E-state index in [9.17, 15) is 4.79 Å². The van der Waals surface area contributed by atoms with Gasteiger partial charge in [-0.05, 0) is 62.7 Å². The molecule has 0 bridgehead atoms. The number of hydrogen-bond acceptors (Lipinski definition) is 3. The van der Waals surface area contributed by atoms with E-state index in [4.69, 9.17) is 5.84 Å². The van der Waals surface area contributed by atoms with Gasteiger partial charge < -0.3 is 10.7 Å². The molecule has 4 rings (SSSR count). The molecule has 1 atom stereocenters. The third-order valence-corrected chi connectivity index (χ3v) is 5.63. The number of aromatic nitrogens is 1. The molecule has 0 spiro atoms. The smallest absolute Gasteiger partial charge is 0.167 e. The number of carbonyl (C=O) groups is 1. The average molecular weight is 347 g/mol. The second kappa shape index (κ2) is 6.61. The van der Waals surface area contributed by atoms with E-state index >= 15 is 0 Å². The molecule has 0 saturated heterocycles. The van der Waals surface area contributed by atoms with Gasteiger partial charge in [-0.3, -0.25) is 9.47 Å². The summed E-state index contributed by atoms with van der Waals surface area (Å²) in [5.41, 5.74) is 5.35. The normalized spacial score (nSPS) is 16.8. The third-order valence-electron chi connectivity index (χ3n) is 5.63. The second-order valence-electron chi connectivity index (χ2n) is 7.47. The van der Waals surface area contributed by atoms with Gasteiger partial charge in [0, 0.05) is 29.1 Å². The van der Waals surface area contributed by atoms with Crippen molar-refractivity contribution in [3.63, 3.8) is 0 Å². The summed E-state index contributed by atoms with van der Waals surface area (Å²) in [6.07, 6.45) is 3.52. The van der Waals surface area contributed by atoms with Gasteiger partial charge in [-0.2, -0.15) is 0 Å². The third kappa shape index (κ3) is 2.90. The summed E-state index contributed by atoms with van der Waals surface area (Å²) < 4.78 is 1.82. The first kappa shape index (κ1) is 16.9. The minimum absolute atomic E-state index is 0.150. The highest BCUT2D eigenvalue weighted by molar-refractivity contribution is 6.01. The summed E-state index contributed by atoms with van der Waals surface area (Å²) in [4.78, 5) is 15.0. The van der Waals surface area contributed by atoms with Crippen molar-refractivity contribution in [1.29, 1.82) is 0 Å². The van der Waals surface area contributed by atoms with Crippen molar-refractivity contribution in [2.75, 3.05) is 19.9 Å². The number of ketones is 1. The van der Waals surface area contributed by atoms with Gasteiger partial charge in [0.05, 0.1) is 5.52 Å². The van der Waals surface area contributed by atoms with Crippen LogP contribution in [0.2, 0.25) is 0 Å². The summed E-state index contributed by atoms with van der Waals surface area (Å²) in [6, 6.07) is 16.4. The molecule has 1 aliphatic rings. The number of benzene rings is 2. The van der Waals surface area contributed by atoms with Gasteiger partial charge in [-0.25, -0.2) is 0 Å². The summed E-state index contributed by atoms with van der Waals surface area (Å²) in [5.74, 6) is 6.50. The summed E-state index contributed by atoms with van der Waals surface area (Å²) in [6.45, 7) is 0. The Bertz CT molecular complexity index is 956. The van der Waals surface area contributed by atoms with Crippen molar-refractivity contribution in [2.45, 2.75) is 31.7 Å². The lowest BCUT2D eigenvalue weighted by Crippen LogP contribution is -2.34. The molecule has 0 saturated carbocycles. The number of nitrogens with zero attached hydrogens (tertiary/aromatic N) is 2. The Morgan fingerprint density at radius 2 is 1.96 bits per heavy atom. The molecule has 1 aliphatic carbocycles. The van der Waals surface area contributed by atoms with E-state index in [1.54, 1.807) is 0 Å². The second-order valence-corrected chi connectivity index (χ2v) is 7.47. The van der Waals surface area contributed by atoms with Crippen molar-refractivity contribution in [2.24, 2.45) is 0 Å². The first-order valence-corrected chi connectivity index (χ1v) is 9.19. The Morgan fingerprint density at radius 1 is 1.19 bits per heavy atom. The largest absolute Gasteiger partial charge is 0.339 e. The number of nitrogen functional groups attached to an aromatic ring is 1. The van der Waals surface area contributed by atoms with Crippen LogP contribution in [0.25, 0.3) is 10.9 Å². The van der Waals surface area contributed by atoms with Crippen LogP contribution in [-0.2, 0) is 19.3 Å². The van der Waals surface area contributed by atoms with Crippen molar-refractivity contribution < 1.29 is 4.79 Å². The minimum Gasteiger partial charge on any atom is -0.339 e. The molecule has 1 aromatic heterocycles. The minimum atomic E-state index is 0.150. The van der Waals surface area contributed by atoms with E-state index in [1.807, 2.05) is 53.2 Å². The highest BCUT2D eigenvalue weighted by Gasteiger charge is 2.26. The average Bonchev–Trinajstić information content (AvgIpc) is 2.94. The van der Waals surface area contributed by atoms with Crippen LogP contribution in [0.1, 0.15) is 33.6 Å². The first-order chi connectivity index (χ1) is 12.5. The first-order valence-electron chi connectivity index (χ1n) is 9.19. The van der Waals surface area contributed by atoms with Crippen LogP contribution < -0.4 is 5.84 Å². The molecule has 4 nitrogen and oxygen atoms in total. The molecule has 1 unspecified atom stereocenters. The molecule has 0 amide bonds. The monoisotopic (exact) mass is 347 g/mol. The number of likely N-dealkylation sites (N-methyl/N-ethyl adjacent to an activating group) is 1. The van der Waals surface area contributed by atoms with Gasteiger partial charge >= 0.3 is 0 Å². The molecule has 2 N–H and O–H groups in total.